The lowest BCUT2D eigenvalue weighted by atomic mass is 10.1. The zero-order valence-electron chi connectivity index (χ0n) is 14.0. The summed E-state index contributed by atoms with van der Waals surface area (Å²) in [6.07, 6.45) is 3.96. The molecule has 4 nitrogen and oxygen atoms in total. The highest BCUT2D eigenvalue weighted by atomic mass is 32.1. The van der Waals surface area contributed by atoms with Gasteiger partial charge < -0.3 is 5.32 Å². The molecule has 2 aromatic heterocycles. The van der Waals surface area contributed by atoms with Gasteiger partial charge in [0.2, 0.25) is 0 Å². The van der Waals surface area contributed by atoms with E-state index in [2.05, 4.69) is 10.3 Å². The minimum absolute atomic E-state index is 0.114. The Morgan fingerprint density at radius 1 is 1.12 bits per heavy atom. The first-order valence-corrected chi connectivity index (χ1v) is 8.90. The summed E-state index contributed by atoms with van der Waals surface area (Å²) >= 11 is 1.59. The van der Waals surface area contributed by atoms with E-state index in [0.29, 0.717) is 5.56 Å². The number of imidazole rings is 1. The van der Waals surface area contributed by atoms with E-state index in [1.54, 1.807) is 11.3 Å². The second-order valence-corrected chi connectivity index (χ2v) is 6.89. The molecule has 0 bridgehead atoms. The maximum Gasteiger partial charge on any atom is 0.255 e. The number of para-hydroxylation sites is 1. The standard InChI is InChI=1S/C20H17N3OS/c1-13-7-8-15(11-14(13)2)19(24)21-17-6-4-3-5-16(17)18-12-23-9-10-25-20(23)22-18/h3-12H,1-2H3,(H,21,24). The second kappa shape index (κ2) is 6.18. The van der Waals surface area contributed by atoms with E-state index in [1.165, 1.54) is 5.56 Å². The van der Waals surface area contributed by atoms with Crippen LogP contribution in [0.3, 0.4) is 0 Å². The molecule has 2 heterocycles. The van der Waals surface area contributed by atoms with Crippen molar-refractivity contribution in [1.29, 1.82) is 0 Å². The molecule has 0 saturated carbocycles. The maximum atomic E-state index is 12.6. The zero-order valence-corrected chi connectivity index (χ0v) is 14.8. The fourth-order valence-corrected chi connectivity index (χ4v) is 3.45. The fraction of sp³-hybridized carbons (Fsp3) is 0.100. The third-order valence-electron chi connectivity index (χ3n) is 4.31. The van der Waals surface area contributed by atoms with E-state index in [4.69, 9.17) is 0 Å². The number of anilines is 1. The predicted octanol–water partition coefficient (Wildman–Crippen LogP) is 4.93. The number of carbonyl (C=O) groups is 1. The van der Waals surface area contributed by atoms with Gasteiger partial charge >= 0.3 is 0 Å². The molecule has 0 aliphatic carbocycles. The van der Waals surface area contributed by atoms with Gasteiger partial charge in [0.05, 0.1) is 11.4 Å². The molecule has 2 aromatic carbocycles. The van der Waals surface area contributed by atoms with Crippen LogP contribution < -0.4 is 5.32 Å². The van der Waals surface area contributed by atoms with E-state index in [1.807, 2.05) is 78.5 Å². The van der Waals surface area contributed by atoms with E-state index >= 15 is 0 Å². The van der Waals surface area contributed by atoms with Crippen LogP contribution in [0.1, 0.15) is 21.5 Å². The molecule has 4 rings (SSSR count). The van der Waals surface area contributed by atoms with Crippen LogP contribution in [0.5, 0.6) is 0 Å². The molecule has 0 aliphatic rings. The summed E-state index contributed by atoms with van der Waals surface area (Å²) in [5.74, 6) is -0.114. The predicted molar refractivity (Wildman–Crippen MR) is 102 cm³/mol. The molecule has 0 atom stereocenters. The largest absolute Gasteiger partial charge is 0.321 e. The molecule has 4 aromatic rings. The van der Waals surface area contributed by atoms with Gasteiger partial charge in [0.25, 0.3) is 5.91 Å². The molecule has 1 amide bonds. The van der Waals surface area contributed by atoms with Crippen molar-refractivity contribution in [3.63, 3.8) is 0 Å². The van der Waals surface area contributed by atoms with Gasteiger partial charge in [-0.05, 0) is 43.2 Å². The number of aryl methyl sites for hydroxylation is 2. The number of nitrogens with zero attached hydrogens (tertiary/aromatic N) is 2. The Morgan fingerprint density at radius 2 is 1.96 bits per heavy atom. The molecule has 124 valence electrons. The van der Waals surface area contributed by atoms with Gasteiger partial charge in [0.15, 0.2) is 4.96 Å². The van der Waals surface area contributed by atoms with Crippen molar-refractivity contribution in [3.8, 4) is 11.3 Å². The number of rotatable bonds is 3. The van der Waals surface area contributed by atoms with Crippen molar-refractivity contribution in [1.82, 2.24) is 9.38 Å². The summed E-state index contributed by atoms with van der Waals surface area (Å²) in [5, 5.41) is 5.02. The Labute approximate surface area is 149 Å². The van der Waals surface area contributed by atoms with Gasteiger partial charge in [0, 0.05) is 28.9 Å². The Morgan fingerprint density at radius 3 is 2.76 bits per heavy atom. The Kier molecular flexibility index (Phi) is 3.86. The maximum absolute atomic E-state index is 12.6. The van der Waals surface area contributed by atoms with Crippen LogP contribution >= 0.6 is 11.3 Å². The van der Waals surface area contributed by atoms with Crippen molar-refractivity contribution in [3.05, 3.63) is 76.9 Å². The molecular formula is C20H17N3OS. The van der Waals surface area contributed by atoms with Gasteiger partial charge in [-0.3, -0.25) is 9.20 Å². The topological polar surface area (TPSA) is 46.4 Å². The van der Waals surface area contributed by atoms with Gasteiger partial charge in [-0.25, -0.2) is 4.98 Å². The number of nitrogens with one attached hydrogen (secondary N) is 1. The quantitative estimate of drug-likeness (QED) is 0.571. The molecule has 0 fully saturated rings. The molecular weight excluding hydrogens is 330 g/mol. The molecule has 5 heteroatoms. The van der Waals surface area contributed by atoms with Crippen LogP contribution in [-0.4, -0.2) is 15.3 Å². The number of thiazole rings is 1. The van der Waals surface area contributed by atoms with Gasteiger partial charge in [0.1, 0.15) is 0 Å². The van der Waals surface area contributed by atoms with Gasteiger partial charge in [-0.1, -0.05) is 24.3 Å². The Bertz CT molecular complexity index is 1050. The lowest BCUT2D eigenvalue weighted by molar-refractivity contribution is 0.102. The monoisotopic (exact) mass is 347 g/mol. The third-order valence-corrected chi connectivity index (χ3v) is 5.08. The molecule has 1 N–H and O–H groups in total. The summed E-state index contributed by atoms with van der Waals surface area (Å²) in [6, 6.07) is 13.5. The fourth-order valence-electron chi connectivity index (χ4n) is 2.75. The number of benzene rings is 2. The van der Waals surface area contributed by atoms with Gasteiger partial charge in [-0.2, -0.15) is 0 Å². The second-order valence-electron chi connectivity index (χ2n) is 6.02. The summed E-state index contributed by atoms with van der Waals surface area (Å²) in [7, 11) is 0. The number of amides is 1. The van der Waals surface area contributed by atoms with Crippen LogP contribution in [0.4, 0.5) is 5.69 Å². The van der Waals surface area contributed by atoms with Crippen LogP contribution in [0.25, 0.3) is 16.2 Å². The Hall–Kier alpha value is -2.92. The van der Waals surface area contributed by atoms with Crippen LogP contribution in [0.2, 0.25) is 0 Å². The number of fused-ring (bicyclic) bond motifs is 1. The molecule has 0 spiro atoms. The molecule has 0 saturated heterocycles. The van der Waals surface area contributed by atoms with E-state index in [-0.39, 0.29) is 5.91 Å². The summed E-state index contributed by atoms with van der Waals surface area (Å²) in [5.41, 5.74) is 5.46. The van der Waals surface area contributed by atoms with Crippen LogP contribution in [-0.2, 0) is 0 Å². The van der Waals surface area contributed by atoms with E-state index < -0.39 is 0 Å². The normalized spacial score (nSPS) is 11.0. The van der Waals surface area contributed by atoms with E-state index in [9.17, 15) is 4.79 Å². The first-order valence-electron chi connectivity index (χ1n) is 8.02. The lowest BCUT2D eigenvalue weighted by Gasteiger charge is -2.10. The Balaban J connectivity index is 1.68. The number of aromatic nitrogens is 2. The zero-order chi connectivity index (χ0) is 17.4. The highest BCUT2D eigenvalue weighted by Crippen LogP contribution is 2.29. The molecule has 0 unspecified atom stereocenters. The minimum Gasteiger partial charge on any atom is -0.321 e. The van der Waals surface area contributed by atoms with Crippen LogP contribution in [0.15, 0.2) is 60.2 Å². The molecule has 0 aliphatic heterocycles. The first kappa shape index (κ1) is 15.6. The average molecular weight is 347 g/mol. The van der Waals surface area contributed by atoms with Crippen molar-refractivity contribution < 1.29 is 4.79 Å². The molecule has 25 heavy (non-hydrogen) atoms. The van der Waals surface area contributed by atoms with Crippen LogP contribution in [0, 0.1) is 13.8 Å². The highest BCUT2D eigenvalue weighted by Gasteiger charge is 2.13. The summed E-state index contributed by atoms with van der Waals surface area (Å²) < 4.78 is 1.99. The highest BCUT2D eigenvalue weighted by molar-refractivity contribution is 7.15. The minimum atomic E-state index is -0.114. The summed E-state index contributed by atoms with van der Waals surface area (Å²) in [6.45, 7) is 4.05. The van der Waals surface area contributed by atoms with Crippen molar-refractivity contribution in [2.75, 3.05) is 5.32 Å². The summed E-state index contributed by atoms with van der Waals surface area (Å²) in [4.78, 5) is 18.2. The van der Waals surface area contributed by atoms with Crippen molar-refractivity contribution in [2.24, 2.45) is 0 Å². The number of hydrogen-bond donors (Lipinski definition) is 1. The lowest BCUT2D eigenvalue weighted by Crippen LogP contribution is -2.13. The molecule has 0 radical (unpaired) electrons. The SMILES string of the molecule is Cc1ccc(C(=O)Nc2ccccc2-c2cn3ccsc3n2)cc1C. The number of hydrogen-bond acceptors (Lipinski definition) is 3. The smallest absolute Gasteiger partial charge is 0.255 e. The van der Waals surface area contributed by atoms with Gasteiger partial charge in [-0.15, -0.1) is 11.3 Å². The first-order chi connectivity index (χ1) is 12.1. The van der Waals surface area contributed by atoms with Crippen molar-refractivity contribution >= 4 is 27.9 Å². The average Bonchev–Trinajstić information content (AvgIpc) is 3.19. The number of carbonyl (C=O) groups excluding carboxylic acids is 1. The van der Waals surface area contributed by atoms with E-state index in [0.717, 1.165) is 27.5 Å². The van der Waals surface area contributed by atoms with Crippen molar-refractivity contribution in [2.45, 2.75) is 13.8 Å². The third kappa shape index (κ3) is 2.94.